The number of hydrogen-bond acceptors (Lipinski definition) is 4. The van der Waals surface area contributed by atoms with Crippen molar-refractivity contribution in [3.8, 4) is 6.07 Å². The van der Waals surface area contributed by atoms with Crippen LogP contribution in [0.2, 0.25) is 0 Å². The topological polar surface area (TPSA) is 51.5 Å². The monoisotopic (exact) mass is 183 g/mol. The minimum atomic E-state index is -0.767. The highest BCUT2D eigenvalue weighted by Gasteiger charge is 2.35. The van der Waals surface area contributed by atoms with Gasteiger partial charge in [-0.05, 0) is 12.2 Å². The maximum atomic E-state index is 8.44. The number of nitrogens with zero attached hydrogens (tertiary/aromatic N) is 1. The molecule has 0 N–H and O–H groups in total. The molecular weight excluding hydrogens is 170 g/mol. The molecule has 0 fully saturated rings. The van der Waals surface area contributed by atoms with Gasteiger partial charge < -0.3 is 14.2 Å². The van der Waals surface area contributed by atoms with Gasteiger partial charge in [0.15, 0.2) is 12.1 Å². The van der Waals surface area contributed by atoms with E-state index in [0.29, 0.717) is 12.8 Å². The van der Waals surface area contributed by atoms with Crippen LogP contribution in [0.5, 0.6) is 0 Å². The Hall–Kier alpha value is -0.890. The molecule has 0 aromatic carbocycles. The van der Waals surface area contributed by atoms with Crippen LogP contribution in [-0.4, -0.2) is 26.3 Å². The lowest BCUT2D eigenvalue weighted by molar-refractivity contribution is -0.244. The predicted molar refractivity (Wildman–Crippen MR) is 45.6 cm³/mol. The van der Waals surface area contributed by atoms with Gasteiger partial charge in [-0.25, -0.2) is 0 Å². The second kappa shape index (κ2) is 4.38. The van der Waals surface area contributed by atoms with Crippen LogP contribution in [0.4, 0.5) is 0 Å². The molecule has 0 aromatic heterocycles. The lowest BCUT2D eigenvalue weighted by Gasteiger charge is -2.25. The summed E-state index contributed by atoms with van der Waals surface area (Å²) in [5.74, 6) is -0.767. The summed E-state index contributed by atoms with van der Waals surface area (Å²) in [6.07, 6.45) is 4.13. The fourth-order valence-corrected chi connectivity index (χ4v) is 1.22. The predicted octanol–water partition coefficient (Wildman–Crippen LogP) is 1.19. The van der Waals surface area contributed by atoms with Crippen LogP contribution in [0.25, 0.3) is 0 Å². The lowest BCUT2D eigenvalue weighted by Crippen LogP contribution is -2.32. The Morgan fingerprint density at radius 1 is 1.62 bits per heavy atom. The number of rotatable bonds is 4. The first-order valence-corrected chi connectivity index (χ1v) is 4.08. The minimum absolute atomic E-state index is 0.362. The van der Waals surface area contributed by atoms with Gasteiger partial charge in [0.25, 0.3) is 0 Å². The fourth-order valence-electron chi connectivity index (χ4n) is 1.22. The van der Waals surface area contributed by atoms with Gasteiger partial charge in [0.1, 0.15) is 0 Å². The summed E-state index contributed by atoms with van der Waals surface area (Å²) in [5.41, 5.74) is 0. The first-order valence-electron chi connectivity index (χ1n) is 4.08. The second-order valence-corrected chi connectivity index (χ2v) is 2.76. The third-order valence-electron chi connectivity index (χ3n) is 1.99. The van der Waals surface area contributed by atoms with Crippen LogP contribution in [-0.2, 0) is 14.2 Å². The smallest absolute Gasteiger partial charge is 0.191 e. The summed E-state index contributed by atoms with van der Waals surface area (Å²) >= 11 is 0. The maximum Gasteiger partial charge on any atom is 0.191 e. The molecule has 4 nitrogen and oxygen atoms in total. The molecule has 1 heterocycles. The van der Waals surface area contributed by atoms with Crippen molar-refractivity contribution in [3.05, 3.63) is 12.2 Å². The molecule has 0 unspecified atom stereocenters. The van der Waals surface area contributed by atoms with Gasteiger partial charge in [-0.1, -0.05) is 0 Å². The molecule has 0 bridgehead atoms. The molecule has 0 saturated carbocycles. The fraction of sp³-hybridized carbons (Fsp3) is 0.667. The van der Waals surface area contributed by atoms with Crippen LogP contribution in [0.1, 0.15) is 12.8 Å². The highest BCUT2D eigenvalue weighted by molar-refractivity contribution is 5.05. The summed E-state index contributed by atoms with van der Waals surface area (Å²) in [6.45, 7) is 0. The van der Waals surface area contributed by atoms with Crippen LogP contribution in [0.3, 0.4) is 0 Å². The van der Waals surface area contributed by atoms with Gasteiger partial charge in [-0.2, -0.15) is 5.26 Å². The first-order chi connectivity index (χ1) is 6.26. The number of hydrogen-bond donors (Lipinski definition) is 0. The quantitative estimate of drug-likeness (QED) is 0.614. The molecule has 0 saturated heterocycles. The van der Waals surface area contributed by atoms with Crippen molar-refractivity contribution in [1.82, 2.24) is 0 Å². The van der Waals surface area contributed by atoms with Crippen LogP contribution < -0.4 is 0 Å². The first kappa shape index (κ1) is 10.2. The van der Waals surface area contributed by atoms with E-state index in [1.807, 2.05) is 0 Å². The van der Waals surface area contributed by atoms with Gasteiger partial charge in [-0.15, -0.1) is 0 Å². The minimum Gasteiger partial charge on any atom is -0.352 e. The Kier molecular flexibility index (Phi) is 3.43. The van der Waals surface area contributed by atoms with E-state index >= 15 is 0 Å². The molecule has 1 aliphatic heterocycles. The zero-order chi connectivity index (χ0) is 9.73. The van der Waals surface area contributed by atoms with E-state index in [2.05, 4.69) is 6.07 Å². The van der Waals surface area contributed by atoms with Gasteiger partial charge in [0.2, 0.25) is 0 Å². The van der Waals surface area contributed by atoms with Gasteiger partial charge in [0.05, 0.1) is 6.07 Å². The van der Waals surface area contributed by atoms with Crippen LogP contribution >= 0.6 is 0 Å². The third kappa shape index (κ3) is 2.28. The molecule has 0 radical (unpaired) electrons. The summed E-state index contributed by atoms with van der Waals surface area (Å²) in [5, 5.41) is 8.44. The van der Waals surface area contributed by atoms with Crippen molar-refractivity contribution in [2.45, 2.75) is 24.9 Å². The van der Waals surface area contributed by atoms with E-state index in [-0.39, 0.29) is 6.29 Å². The number of methoxy groups -OCH3 is 2. The normalized spacial score (nSPS) is 31.9. The Bertz CT molecular complexity index is 234. The average molecular weight is 183 g/mol. The van der Waals surface area contributed by atoms with Crippen LogP contribution in [0.15, 0.2) is 12.2 Å². The van der Waals surface area contributed by atoms with Gasteiger partial charge >= 0.3 is 0 Å². The molecule has 0 amide bonds. The van der Waals surface area contributed by atoms with Crippen molar-refractivity contribution >= 4 is 0 Å². The molecule has 72 valence electrons. The Morgan fingerprint density at radius 3 is 2.85 bits per heavy atom. The molecule has 0 spiro atoms. The summed E-state index contributed by atoms with van der Waals surface area (Å²) in [7, 11) is 3.12. The van der Waals surface area contributed by atoms with E-state index in [1.54, 1.807) is 26.4 Å². The summed E-state index contributed by atoms with van der Waals surface area (Å²) in [6, 6.07) is 2.05. The molecule has 13 heavy (non-hydrogen) atoms. The average Bonchev–Trinajstić information content (AvgIpc) is 2.59. The second-order valence-electron chi connectivity index (χ2n) is 2.76. The molecular formula is C9H13NO3. The largest absolute Gasteiger partial charge is 0.352 e. The Labute approximate surface area is 77.7 Å². The lowest BCUT2D eigenvalue weighted by atomic mass is 10.1. The molecule has 4 heteroatoms. The molecule has 0 aromatic rings. The molecule has 0 aliphatic carbocycles. The third-order valence-corrected chi connectivity index (χ3v) is 1.99. The van der Waals surface area contributed by atoms with E-state index in [9.17, 15) is 0 Å². The van der Waals surface area contributed by atoms with Gasteiger partial charge in [0, 0.05) is 27.1 Å². The van der Waals surface area contributed by atoms with E-state index < -0.39 is 5.79 Å². The number of ether oxygens (including phenoxy) is 3. The van der Waals surface area contributed by atoms with E-state index in [0.717, 1.165) is 0 Å². The van der Waals surface area contributed by atoms with Crippen molar-refractivity contribution in [3.63, 3.8) is 0 Å². The molecule has 1 rings (SSSR count). The van der Waals surface area contributed by atoms with Crippen molar-refractivity contribution in [2.24, 2.45) is 0 Å². The highest BCUT2D eigenvalue weighted by Crippen LogP contribution is 2.28. The zero-order valence-corrected chi connectivity index (χ0v) is 7.82. The Balaban J connectivity index is 2.54. The SMILES string of the molecule is CO[C@H]1C=C[C@@](CCC#N)(OC)O1. The van der Waals surface area contributed by atoms with Crippen molar-refractivity contribution in [1.29, 1.82) is 5.26 Å². The van der Waals surface area contributed by atoms with Crippen LogP contribution in [0, 0.1) is 11.3 Å². The summed E-state index contributed by atoms with van der Waals surface area (Å²) in [4.78, 5) is 0. The standard InChI is InChI=1S/C9H13NO3/c1-11-8-4-6-9(12-2,13-8)5-3-7-10/h4,6,8H,3,5H2,1-2H3/t8-,9+/m1/s1. The van der Waals surface area contributed by atoms with E-state index in [1.165, 1.54) is 0 Å². The number of nitriles is 1. The Morgan fingerprint density at radius 2 is 2.38 bits per heavy atom. The van der Waals surface area contributed by atoms with Gasteiger partial charge in [-0.3, -0.25) is 0 Å². The zero-order valence-electron chi connectivity index (χ0n) is 7.82. The maximum absolute atomic E-state index is 8.44. The molecule has 2 atom stereocenters. The highest BCUT2D eigenvalue weighted by atomic mass is 16.8. The van der Waals surface area contributed by atoms with E-state index in [4.69, 9.17) is 19.5 Å². The van der Waals surface area contributed by atoms with Crippen molar-refractivity contribution < 1.29 is 14.2 Å². The van der Waals surface area contributed by atoms with Crippen molar-refractivity contribution in [2.75, 3.05) is 14.2 Å². The molecule has 1 aliphatic rings. The summed E-state index contributed by atoms with van der Waals surface area (Å²) < 4.78 is 15.6.